The summed E-state index contributed by atoms with van der Waals surface area (Å²) in [6.45, 7) is 6.94. The third-order valence-electron chi connectivity index (χ3n) is 5.57. The molecule has 122 valence electrons. The third-order valence-corrected chi connectivity index (χ3v) is 5.57. The van der Waals surface area contributed by atoms with Crippen molar-refractivity contribution in [2.75, 3.05) is 14.2 Å². The molecular weight excluding hydrogens is 280 g/mol. The number of fused-ring (bicyclic) bond motifs is 2. The van der Waals surface area contributed by atoms with Crippen molar-refractivity contribution in [2.24, 2.45) is 11.3 Å². The zero-order chi connectivity index (χ0) is 16.1. The number of rotatable bonds is 3. The molecular formula is C18H26O4. The number of aliphatic hydroxyl groups is 1. The monoisotopic (exact) mass is 306 g/mol. The van der Waals surface area contributed by atoms with Crippen LogP contribution in [0.3, 0.4) is 0 Å². The third kappa shape index (κ3) is 2.20. The number of aliphatic hydroxyl groups excluding tert-OH is 1. The second kappa shape index (κ2) is 5.14. The van der Waals surface area contributed by atoms with Gasteiger partial charge in [-0.1, -0.05) is 13.8 Å². The Morgan fingerprint density at radius 3 is 2.64 bits per heavy atom. The van der Waals surface area contributed by atoms with Gasteiger partial charge in [0.05, 0.1) is 19.8 Å². The fraction of sp³-hybridized carbons (Fsp3) is 0.667. The van der Waals surface area contributed by atoms with Gasteiger partial charge in [-0.15, -0.1) is 0 Å². The van der Waals surface area contributed by atoms with Gasteiger partial charge >= 0.3 is 0 Å². The molecule has 1 aromatic rings. The summed E-state index contributed by atoms with van der Waals surface area (Å²) in [6, 6.07) is 4.12. The van der Waals surface area contributed by atoms with Gasteiger partial charge in [-0.05, 0) is 42.0 Å². The Morgan fingerprint density at radius 1 is 1.27 bits per heavy atom. The highest BCUT2D eigenvalue weighted by Gasteiger charge is 2.58. The van der Waals surface area contributed by atoms with E-state index >= 15 is 0 Å². The van der Waals surface area contributed by atoms with Gasteiger partial charge in [0.2, 0.25) is 0 Å². The summed E-state index contributed by atoms with van der Waals surface area (Å²) in [4.78, 5) is 0. The maximum atomic E-state index is 10.5. The van der Waals surface area contributed by atoms with E-state index in [1.807, 2.05) is 6.07 Å². The predicted molar refractivity (Wildman–Crippen MR) is 84.3 cm³/mol. The summed E-state index contributed by atoms with van der Waals surface area (Å²) < 4.78 is 17.2. The topological polar surface area (TPSA) is 47.9 Å². The van der Waals surface area contributed by atoms with Gasteiger partial charge in [0, 0.05) is 19.4 Å². The molecule has 3 rings (SSSR count). The number of hydrogen-bond donors (Lipinski definition) is 1. The highest BCUT2D eigenvalue weighted by molar-refractivity contribution is 5.52. The molecule has 1 fully saturated rings. The van der Waals surface area contributed by atoms with E-state index in [0.29, 0.717) is 13.0 Å². The molecule has 4 heteroatoms. The Balaban J connectivity index is 2.05. The van der Waals surface area contributed by atoms with Gasteiger partial charge < -0.3 is 19.3 Å². The first-order chi connectivity index (χ1) is 10.3. The van der Waals surface area contributed by atoms with Crippen molar-refractivity contribution in [1.29, 1.82) is 0 Å². The quantitative estimate of drug-likeness (QED) is 0.933. The Morgan fingerprint density at radius 2 is 2.00 bits per heavy atom. The normalized spacial score (nSPS) is 32.1. The van der Waals surface area contributed by atoms with Crippen LogP contribution in [0, 0.1) is 11.3 Å². The van der Waals surface area contributed by atoms with Crippen LogP contribution in [0.2, 0.25) is 0 Å². The van der Waals surface area contributed by atoms with E-state index in [1.165, 1.54) is 0 Å². The predicted octanol–water partition coefficient (Wildman–Crippen LogP) is 2.94. The van der Waals surface area contributed by atoms with Gasteiger partial charge in [-0.25, -0.2) is 0 Å². The molecule has 1 saturated carbocycles. The molecule has 0 aromatic heterocycles. The van der Waals surface area contributed by atoms with Crippen LogP contribution in [-0.2, 0) is 17.8 Å². The van der Waals surface area contributed by atoms with Gasteiger partial charge in [-0.2, -0.15) is 0 Å². The van der Waals surface area contributed by atoms with Gasteiger partial charge in [0.1, 0.15) is 5.60 Å². The van der Waals surface area contributed by atoms with Crippen LogP contribution in [0.15, 0.2) is 12.1 Å². The zero-order valence-electron chi connectivity index (χ0n) is 14.1. The maximum absolute atomic E-state index is 10.5. The summed E-state index contributed by atoms with van der Waals surface area (Å²) >= 11 is 0. The molecule has 2 aliphatic rings. The fourth-order valence-corrected chi connectivity index (χ4v) is 4.25. The Bertz CT molecular complexity index is 581. The number of ether oxygens (including phenoxy) is 3. The maximum Gasteiger partial charge on any atom is 0.165 e. The zero-order valence-corrected chi connectivity index (χ0v) is 14.1. The molecule has 0 bridgehead atoms. The van der Waals surface area contributed by atoms with E-state index in [1.54, 1.807) is 14.2 Å². The van der Waals surface area contributed by atoms with E-state index in [0.717, 1.165) is 29.0 Å². The van der Waals surface area contributed by atoms with Crippen molar-refractivity contribution in [1.82, 2.24) is 0 Å². The Kier molecular flexibility index (Phi) is 3.65. The van der Waals surface area contributed by atoms with Crippen molar-refractivity contribution in [2.45, 2.75) is 51.9 Å². The van der Waals surface area contributed by atoms with Crippen molar-refractivity contribution in [3.05, 3.63) is 23.3 Å². The summed E-state index contributed by atoms with van der Waals surface area (Å²) in [5.41, 5.74) is 1.74. The van der Waals surface area contributed by atoms with Crippen molar-refractivity contribution >= 4 is 0 Å². The molecule has 4 nitrogen and oxygen atoms in total. The highest BCUT2D eigenvalue weighted by Crippen LogP contribution is 2.56. The summed E-state index contributed by atoms with van der Waals surface area (Å²) in [6.07, 6.45) is 1.21. The lowest BCUT2D eigenvalue weighted by Crippen LogP contribution is -2.45. The van der Waals surface area contributed by atoms with E-state index in [-0.39, 0.29) is 23.0 Å². The molecule has 0 radical (unpaired) electrons. The SMILES string of the molecule is COCc1cc2c(c(OC)c1)O[C@]1(C)C[C@@H](O)C(C)(C)[C@H]1C2. The minimum absolute atomic E-state index is 0.156. The second-order valence-corrected chi connectivity index (χ2v) is 7.43. The molecule has 1 aliphatic carbocycles. The molecule has 1 aromatic carbocycles. The van der Waals surface area contributed by atoms with E-state index in [4.69, 9.17) is 14.2 Å². The first kappa shape index (κ1) is 15.6. The van der Waals surface area contributed by atoms with E-state index < -0.39 is 0 Å². The van der Waals surface area contributed by atoms with Crippen LogP contribution < -0.4 is 9.47 Å². The Labute approximate surface area is 132 Å². The van der Waals surface area contributed by atoms with Crippen LogP contribution in [0.25, 0.3) is 0 Å². The standard InChI is InChI=1S/C18H26O4/c1-17(2)14-8-12-6-11(10-20-4)7-13(21-5)16(12)22-18(14,3)9-15(17)19/h6-7,14-15,19H,8-10H2,1-5H3/t14-,15-,18-/m1/s1. The van der Waals surface area contributed by atoms with Gasteiger partial charge in [0.25, 0.3) is 0 Å². The molecule has 0 saturated heterocycles. The smallest absolute Gasteiger partial charge is 0.165 e. The first-order valence-corrected chi connectivity index (χ1v) is 7.87. The molecule has 1 heterocycles. The summed E-state index contributed by atoms with van der Waals surface area (Å²) in [5.74, 6) is 1.86. The molecule has 1 aliphatic heterocycles. The van der Waals surface area contributed by atoms with E-state index in [2.05, 4.69) is 26.8 Å². The van der Waals surface area contributed by atoms with Crippen molar-refractivity contribution in [3.8, 4) is 11.5 Å². The van der Waals surface area contributed by atoms with Crippen LogP contribution in [-0.4, -0.2) is 31.0 Å². The van der Waals surface area contributed by atoms with Crippen molar-refractivity contribution in [3.63, 3.8) is 0 Å². The number of methoxy groups -OCH3 is 2. The van der Waals surface area contributed by atoms with Crippen molar-refractivity contribution < 1.29 is 19.3 Å². The lowest BCUT2D eigenvalue weighted by molar-refractivity contribution is -0.00201. The molecule has 22 heavy (non-hydrogen) atoms. The average Bonchev–Trinajstić information content (AvgIpc) is 2.62. The molecule has 1 N–H and O–H groups in total. The highest BCUT2D eigenvalue weighted by atomic mass is 16.5. The minimum atomic E-state index is -0.346. The fourth-order valence-electron chi connectivity index (χ4n) is 4.25. The van der Waals surface area contributed by atoms with Crippen LogP contribution >= 0.6 is 0 Å². The largest absolute Gasteiger partial charge is 0.493 e. The summed E-state index contributed by atoms with van der Waals surface area (Å²) in [5, 5.41) is 10.5. The van der Waals surface area contributed by atoms with Gasteiger partial charge in [0.15, 0.2) is 11.5 Å². The number of hydrogen-bond acceptors (Lipinski definition) is 4. The van der Waals surface area contributed by atoms with Gasteiger partial charge in [-0.3, -0.25) is 0 Å². The first-order valence-electron chi connectivity index (χ1n) is 7.87. The van der Waals surface area contributed by atoms with E-state index in [9.17, 15) is 5.11 Å². The molecule has 0 unspecified atom stereocenters. The van der Waals surface area contributed by atoms with Crippen LogP contribution in [0.1, 0.15) is 38.3 Å². The lowest BCUT2D eigenvalue weighted by Gasteiger charge is -2.42. The average molecular weight is 306 g/mol. The summed E-state index contributed by atoms with van der Waals surface area (Å²) in [7, 11) is 3.35. The van der Waals surface area contributed by atoms with Crippen LogP contribution in [0.5, 0.6) is 11.5 Å². The molecule has 3 atom stereocenters. The molecule has 0 spiro atoms. The second-order valence-electron chi connectivity index (χ2n) is 7.43. The lowest BCUT2D eigenvalue weighted by atomic mass is 9.72. The minimum Gasteiger partial charge on any atom is -0.493 e. The van der Waals surface area contributed by atoms with Crippen LogP contribution in [0.4, 0.5) is 0 Å². The number of benzene rings is 1. The molecule has 0 amide bonds. The Hall–Kier alpha value is -1.26.